The van der Waals surface area contributed by atoms with Crippen molar-refractivity contribution in [3.8, 4) is 0 Å². The Kier molecular flexibility index (Phi) is 5.75. The lowest BCUT2D eigenvalue weighted by Gasteiger charge is -2.40. The van der Waals surface area contributed by atoms with E-state index in [0.29, 0.717) is 13.1 Å². The van der Waals surface area contributed by atoms with Crippen LogP contribution in [0.5, 0.6) is 0 Å². The number of hydrogen-bond donors (Lipinski definition) is 1. The zero-order valence-electron chi connectivity index (χ0n) is 13.4. The van der Waals surface area contributed by atoms with E-state index in [1.165, 1.54) is 11.3 Å². The Morgan fingerprint density at radius 3 is 2.45 bits per heavy atom. The minimum atomic E-state index is -0.0128. The summed E-state index contributed by atoms with van der Waals surface area (Å²) in [5.41, 5.74) is -0.0128. The summed E-state index contributed by atoms with van der Waals surface area (Å²) in [6.07, 6.45) is 3.22. The molecule has 2 rings (SSSR count). The Morgan fingerprint density at radius 2 is 1.95 bits per heavy atom. The normalized spacial score (nSPS) is 17.5. The highest BCUT2D eigenvalue weighted by Crippen LogP contribution is 2.34. The number of aryl methyl sites for hydroxylation is 1. The SMILES string of the molecule is CCC1(CO)CCN(C(=O)CCC(=O)c2ccc(C)s2)CC1. The first-order chi connectivity index (χ1) is 10.5. The number of amides is 1. The third kappa shape index (κ3) is 3.96. The molecule has 0 aromatic carbocycles. The zero-order chi connectivity index (χ0) is 16.2. The number of Topliss-reactive ketones (excluding diaryl/α,β-unsaturated/α-hetero) is 1. The van der Waals surface area contributed by atoms with Crippen LogP contribution in [-0.4, -0.2) is 41.4 Å². The van der Waals surface area contributed by atoms with Crippen molar-refractivity contribution in [3.05, 3.63) is 21.9 Å². The van der Waals surface area contributed by atoms with Crippen molar-refractivity contribution < 1.29 is 14.7 Å². The average Bonchev–Trinajstić information content (AvgIpc) is 2.99. The molecule has 1 aromatic heterocycles. The highest BCUT2D eigenvalue weighted by Gasteiger charge is 2.33. The van der Waals surface area contributed by atoms with Crippen LogP contribution in [0.3, 0.4) is 0 Å². The molecule has 1 saturated heterocycles. The van der Waals surface area contributed by atoms with Crippen LogP contribution < -0.4 is 0 Å². The quantitative estimate of drug-likeness (QED) is 0.819. The second-order valence-corrected chi connectivity index (χ2v) is 7.51. The molecule has 0 radical (unpaired) electrons. The summed E-state index contributed by atoms with van der Waals surface area (Å²) in [6, 6.07) is 3.77. The van der Waals surface area contributed by atoms with E-state index >= 15 is 0 Å². The molecular weight excluding hydrogens is 298 g/mol. The van der Waals surface area contributed by atoms with Crippen molar-refractivity contribution in [2.45, 2.75) is 46.0 Å². The standard InChI is InChI=1S/C17H25NO3S/c1-3-17(12-19)8-10-18(11-9-17)16(21)7-5-14(20)15-6-4-13(2)22-15/h4,6,19H,3,5,7-12H2,1-2H3. The molecule has 0 atom stereocenters. The maximum atomic E-state index is 12.2. The van der Waals surface area contributed by atoms with Gasteiger partial charge in [0.15, 0.2) is 5.78 Å². The van der Waals surface area contributed by atoms with Crippen molar-refractivity contribution in [3.63, 3.8) is 0 Å². The van der Waals surface area contributed by atoms with E-state index in [1.54, 1.807) is 0 Å². The van der Waals surface area contributed by atoms with Gasteiger partial charge in [-0.3, -0.25) is 9.59 Å². The van der Waals surface area contributed by atoms with Crippen LogP contribution in [0.4, 0.5) is 0 Å². The first-order valence-corrected chi connectivity index (χ1v) is 8.79. The molecule has 1 N–H and O–H groups in total. The number of aliphatic hydroxyl groups is 1. The molecule has 4 nitrogen and oxygen atoms in total. The first kappa shape index (κ1) is 17.2. The van der Waals surface area contributed by atoms with Gasteiger partial charge in [-0.15, -0.1) is 11.3 Å². The lowest BCUT2D eigenvalue weighted by Crippen LogP contribution is -2.44. The molecule has 1 aliphatic heterocycles. The third-order valence-corrected chi connectivity index (χ3v) is 5.89. The van der Waals surface area contributed by atoms with E-state index in [4.69, 9.17) is 0 Å². The van der Waals surface area contributed by atoms with Crippen molar-refractivity contribution in [2.24, 2.45) is 5.41 Å². The van der Waals surface area contributed by atoms with Gasteiger partial charge in [0.2, 0.25) is 5.91 Å². The van der Waals surface area contributed by atoms with Gasteiger partial charge < -0.3 is 10.0 Å². The van der Waals surface area contributed by atoms with E-state index in [9.17, 15) is 14.7 Å². The Hall–Kier alpha value is -1.20. The third-order valence-electron chi connectivity index (χ3n) is 4.84. The second kappa shape index (κ2) is 7.38. The number of thiophene rings is 1. The van der Waals surface area contributed by atoms with E-state index in [2.05, 4.69) is 6.92 Å². The fourth-order valence-corrected chi connectivity index (χ4v) is 3.78. The number of hydrogen-bond acceptors (Lipinski definition) is 4. The fourth-order valence-electron chi connectivity index (χ4n) is 2.94. The van der Waals surface area contributed by atoms with Gasteiger partial charge in [-0.05, 0) is 43.7 Å². The molecule has 22 heavy (non-hydrogen) atoms. The van der Waals surface area contributed by atoms with Gasteiger partial charge in [0, 0.05) is 37.4 Å². The van der Waals surface area contributed by atoms with Crippen LogP contribution in [0.1, 0.15) is 53.6 Å². The molecule has 0 unspecified atom stereocenters. The van der Waals surface area contributed by atoms with Crippen LogP contribution >= 0.6 is 11.3 Å². The average molecular weight is 323 g/mol. The van der Waals surface area contributed by atoms with E-state index in [0.717, 1.165) is 29.0 Å². The molecule has 1 aromatic rings. The second-order valence-electron chi connectivity index (χ2n) is 6.23. The number of piperidine rings is 1. The largest absolute Gasteiger partial charge is 0.396 e. The highest BCUT2D eigenvalue weighted by atomic mass is 32.1. The molecule has 0 saturated carbocycles. The maximum Gasteiger partial charge on any atom is 0.223 e. The van der Waals surface area contributed by atoms with Gasteiger partial charge in [-0.2, -0.15) is 0 Å². The van der Waals surface area contributed by atoms with Crippen LogP contribution in [-0.2, 0) is 4.79 Å². The number of carbonyl (C=O) groups excluding carboxylic acids is 2. The summed E-state index contributed by atoms with van der Waals surface area (Å²) in [7, 11) is 0. The van der Waals surface area contributed by atoms with Crippen molar-refractivity contribution >= 4 is 23.0 Å². The molecule has 2 heterocycles. The highest BCUT2D eigenvalue weighted by molar-refractivity contribution is 7.14. The maximum absolute atomic E-state index is 12.2. The number of carbonyl (C=O) groups is 2. The summed E-state index contributed by atoms with van der Waals surface area (Å²) in [5.74, 6) is 0.117. The van der Waals surface area contributed by atoms with E-state index in [-0.39, 0.29) is 36.6 Å². The molecule has 5 heteroatoms. The minimum absolute atomic E-state index is 0.0128. The van der Waals surface area contributed by atoms with Crippen LogP contribution in [0.15, 0.2) is 12.1 Å². The van der Waals surface area contributed by atoms with Crippen molar-refractivity contribution in [2.75, 3.05) is 19.7 Å². The minimum Gasteiger partial charge on any atom is -0.396 e. The zero-order valence-corrected chi connectivity index (χ0v) is 14.2. The summed E-state index contributed by atoms with van der Waals surface area (Å²) >= 11 is 1.49. The molecule has 1 amide bonds. The van der Waals surface area contributed by atoms with Gasteiger partial charge in [0.05, 0.1) is 4.88 Å². The molecule has 0 spiro atoms. The summed E-state index contributed by atoms with van der Waals surface area (Å²) < 4.78 is 0. The van der Waals surface area contributed by atoms with Gasteiger partial charge in [0.1, 0.15) is 0 Å². The predicted octanol–water partition coefficient (Wildman–Crippen LogP) is 3.03. The van der Waals surface area contributed by atoms with Crippen LogP contribution in [0.25, 0.3) is 0 Å². The Bertz CT molecular complexity index is 524. The summed E-state index contributed by atoms with van der Waals surface area (Å²) in [4.78, 5) is 28.0. The van der Waals surface area contributed by atoms with E-state index in [1.807, 2.05) is 24.0 Å². The summed E-state index contributed by atoms with van der Waals surface area (Å²) in [6.45, 7) is 5.65. The lowest BCUT2D eigenvalue weighted by molar-refractivity contribution is -0.134. The molecule has 1 aliphatic rings. The number of nitrogens with zero attached hydrogens (tertiary/aromatic N) is 1. The van der Waals surface area contributed by atoms with Crippen molar-refractivity contribution in [1.29, 1.82) is 0 Å². The first-order valence-electron chi connectivity index (χ1n) is 7.98. The number of aliphatic hydroxyl groups excluding tert-OH is 1. The monoisotopic (exact) mass is 323 g/mol. The fraction of sp³-hybridized carbons (Fsp3) is 0.647. The lowest BCUT2D eigenvalue weighted by atomic mass is 9.77. The van der Waals surface area contributed by atoms with Crippen LogP contribution in [0.2, 0.25) is 0 Å². The van der Waals surface area contributed by atoms with Gasteiger partial charge in [-0.25, -0.2) is 0 Å². The van der Waals surface area contributed by atoms with Gasteiger partial charge in [0.25, 0.3) is 0 Å². The molecule has 0 aliphatic carbocycles. The Balaban J connectivity index is 1.80. The molecule has 1 fully saturated rings. The topological polar surface area (TPSA) is 57.6 Å². The Labute approximate surface area is 136 Å². The predicted molar refractivity (Wildman–Crippen MR) is 88.2 cm³/mol. The number of rotatable bonds is 6. The summed E-state index contributed by atoms with van der Waals surface area (Å²) in [5, 5.41) is 9.52. The number of likely N-dealkylation sites (tertiary alicyclic amines) is 1. The van der Waals surface area contributed by atoms with Gasteiger partial charge in [-0.1, -0.05) is 6.92 Å². The molecule has 122 valence electrons. The number of ketones is 1. The molecular formula is C17H25NO3S. The van der Waals surface area contributed by atoms with E-state index < -0.39 is 0 Å². The molecule has 0 bridgehead atoms. The van der Waals surface area contributed by atoms with Gasteiger partial charge >= 0.3 is 0 Å². The van der Waals surface area contributed by atoms with Crippen molar-refractivity contribution in [1.82, 2.24) is 4.90 Å². The smallest absolute Gasteiger partial charge is 0.223 e. The Morgan fingerprint density at radius 1 is 1.27 bits per heavy atom. The van der Waals surface area contributed by atoms with Crippen LogP contribution in [0, 0.1) is 12.3 Å².